The lowest BCUT2D eigenvalue weighted by Gasteiger charge is -2.42. The molecule has 176 valence electrons. The Kier molecular flexibility index (Phi) is 6.72. The molecule has 0 aliphatic heterocycles. The number of halogens is 17. The molecule has 0 aliphatic carbocycles. The molecule has 0 bridgehead atoms. The lowest BCUT2D eigenvalue weighted by molar-refractivity contribution is -0.471. The van der Waals surface area contributed by atoms with Crippen molar-refractivity contribution < 1.29 is 83.0 Å². The van der Waals surface area contributed by atoms with Gasteiger partial charge in [0.1, 0.15) is 0 Å². The van der Waals surface area contributed by atoms with Crippen LogP contribution in [-0.2, 0) is 15.3 Å². The molecule has 0 fully saturated rings. The van der Waals surface area contributed by atoms with Crippen LogP contribution in [0.4, 0.5) is 74.6 Å². The lowest BCUT2D eigenvalue weighted by Crippen LogP contribution is -2.74. The van der Waals surface area contributed by atoms with Crippen LogP contribution < -0.4 is 0 Å². The molecule has 0 N–H and O–H groups in total. The summed E-state index contributed by atoms with van der Waals surface area (Å²) in [5, 5.41) is 0. The fourth-order valence-corrected chi connectivity index (χ4v) is 1.75. The Hall–Kier alpha value is -1.08. The van der Waals surface area contributed by atoms with Gasteiger partial charge in [0, 0.05) is 6.26 Å². The molecule has 1 unspecified atom stereocenters. The largest absolute Gasteiger partial charge is 0.460 e. The van der Waals surface area contributed by atoms with Crippen LogP contribution in [-0.4, -0.2) is 58.3 Å². The van der Waals surface area contributed by atoms with Gasteiger partial charge in [-0.1, -0.05) is 0 Å². The number of rotatable bonds is 8. The van der Waals surface area contributed by atoms with Crippen LogP contribution in [0.1, 0.15) is 0 Å². The first-order valence-corrected chi connectivity index (χ1v) is 7.39. The summed E-state index contributed by atoms with van der Waals surface area (Å²) in [7, 11) is 0. The molecule has 0 rings (SSSR count). The van der Waals surface area contributed by atoms with Crippen molar-refractivity contribution in [1.82, 2.24) is 0 Å². The van der Waals surface area contributed by atoms with Crippen molar-refractivity contribution in [2.24, 2.45) is 0 Å². The fraction of sp³-hybridized carbons (Fsp3) is 1.00. The molecule has 0 spiro atoms. The van der Waals surface area contributed by atoms with Crippen LogP contribution in [0.25, 0.3) is 0 Å². The van der Waals surface area contributed by atoms with E-state index >= 15 is 0 Å². The summed E-state index contributed by atoms with van der Waals surface area (Å²) in [5.74, 6) is -50.6. The molecule has 29 heavy (non-hydrogen) atoms. The first-order valence-electron chi connectivity index (χ1n) is 5.91. The predicted octanol–water partition coefficient (Wildman–Crippen LogP) is 5.26. The standard InChI is InChI=1S/C9H3F17O2S/c1-29(27)28-9(25,26)7(20,21)5(16,17)3(12,13)2(10,11)4(14,15)6(18,19)8(22,23)24/h1H3. The van der Waals surface area contributed by atoms with Crippen molar-refractivity contribution in [1.29, 1.82) is 0 Å². The quantitative estimate of drug-likeness (QED) is 0.427. The zero-order valence-corrected chi connectivity index (χ0v) is 13.5. The zero-order valence-electron chi connectivity index (χ0n) is 12.7. The van der Waals surface area contributed by atoms with Crippen molar-refractivity contribution in [3.63, 3.8) is 0 Å². The monoisotopic (exact) mass is 498 g/mol. The highest BCUT2D eigenvalue weighted by atomic mass is 32.2. The summed E-state index contributed by atoms with van der Waals surface area (Å²) in [6.07, 6.45) is -15.0. The van der Waals surface area contributed by atoms with Gasteiger partial charge in [0.25, 0.3) is 0 Å². The minimum atomic E-state index is -8.70. The van der Waals surface area contributed by atoms with E-state index in [9.17, 15) is 78.8 Å². The van der Waals surface area contributed by atoms with Crippen molar-refractivity contribution >= 4 is 11.1 Å². The van der Waals surface area contributed by atoms with Gasteiger partial charge in [0.2, 0.25) is 0 Å². The minimum Gasteiger partial charge on any atom is -0.230 e. The van der Waals surface area contributed by atoms with Crippen LogP contribution >= 0.6 is 0 Å². The van der Waals surface area contributed by atoms with Crippen molar-refractivity contribution in [2.75, 3.05) is 6.26 Å². The third-order valence-corrected chi connectivity index (χ3v) is 3.36. The van der Waals surface area contributed by atoms with Crippen molar-refractivity contribution in [3.05, 3.63) is 0 Å². The van der Waals surface area contributed by atoms with Crippen LogP contribution in [0.5, 0.6) is 0 Å². The molecule has 2 nitrogen and oxygen atoms in total. The molecule has 0 aromatic rings. The highest BCUT2D eigenvalue weighted by Crippen LogP contribution is 2.64. The van der Waals surface area contributed by atoms with Crippen LogP contribution in [0.2, 0.25) is 0 Å². The van der Waals surface area contributed by atoms with E-state index in [1.54, 1.807) is 0 Å². The first kappa shape index (κ1) is 27.9. The normalized spacial score (nSPS) is 17.4. The molecule has 0 aromatic heterocycles. The number of alkyl halides is 17. The second-order valence-electron chi connectivity index (χ2n) is 4.95. The Labute approximate surface area is 149 Å². The number of hydrogen-bond acceptors (Lipinski definition) is 2. The van der Waals surface area contributed by atoms with Gasteiger partial charge in [0.15, 0.2) is 11.1 Å². The van der Waals surface area contributed by atoms with E-state index in [4.69, 9.17) is 0 Å². The lowest BCUT2D eigenvalue weighted by atomic mass is 9.91. The van der Waals surface area contributed by atoms with Gasteiger partial charge in [-0.25, -0.2) is 8.39 Å². The maximum Gasteiger partial charge on any atom is 0.460 e. The van der Waals surface area contributed by atoms with E-state index in [-0.39, 0.29) is 6.26 Å². The molecule has 0 radical (unpaired) electrons. The Morgan fingerprint density at radius 3 is 0.966 bits per heavy atom. The van der Waals surface area contributed by atoms with Gasteiger partial charge in [-0.05, 0) is 0 Å². The van der Waals surface area contributed by atoms with E-state index in [0.717, 1.165) is 0 Å². The molecular formula is C9H3F17O2S. The van der Waals surface area contributed by atoms with E-state index in [2.05, 4.69) is 4.18 Å². The molecule has 1 atom stereocenters. The first-order chi connectivity index (χ1) is 12.2. The Balaban J connectivity index is 6.69. The average Bonchev–Trinajstić information content (AvgIpc) is 2.43. The Bertz CT molecular complexity index is 635. The van der Waals surface area contributed by atoms with Gasteiger partial charge in [-0.2, -0.15) is 74.6 Å². The smallest absolute Gasteiger partial charge is 0.230 e. The van der Waals surface area contributed by atoms with E-state index in [1.807, 2.05) is 0 Å². The minimum absolute atomic E-state index is 0.118. The van der Waals surface area contributed by atoms with Gasteiger partial charge in [0.05, 0.1) is 0 Å². The fourth-order valence-electron chi connectivity index (χ4n) is 1.35. The summed E-state index contributed by atoms with van der Waals surface area (Å²) >= 11 is -3.72. The zero-order chi connectivity index (χ0) is 24.3. The predicted molar refractivity (Wildman–Crippen MR) is 55.8 cm³/mol. The Morgan fingerprint density at radius 1 is 0.483 bits per heavy atom. The summed E-state index contributed by atoms with van der Waals surface area (Å²) in [6, 6.07) is 0. The molecule has 0 amide bonds. The van der Waals surface area contributed by atoms with E-state index < -0.39 is 58.9 Å². The summed E-state index contributed by atoms with van der Waals surface area (Å²) in [5.41, 5.74) is 0. The average molecular weight is 498 g/mol. The molecule has 0 saturated heterocycles. The highest BCUT2D eigenvalue weighted by molar-refractivity contribution is 7.79. The summed E-state index contributed by atoms with van der Waals surface area (Å²) < 4.78 is 229. The second kappa shape index (κ2) is 6.98. The molecule has 0 heterocycles. The SMILES string of the molecule is CS(=O)OC(F)(F)C(F)(F)C(F)(F)C(F)(F)C(F)(F)C(F)(F)C(F)(F)C(F)(F)F. The molecule has 20 heteroatoms. The van der Waals surface area contributed by atoms with Crippen LogP contribution in [0.15, 0.2) is 0 Å². The van der Waals surface area contributed by atoms with Gasteiger partial charge in [-0.15, -0.1) is 0 Å². The third-order valence-electron chi connectivity index (χ3n) is 2.92. The molecular weight excluding hydrogens is 495 g/mol. The third kappa shape index (κ3) is 3.73. The number of hydrogen-bond donors (Lipinski definition) is 0. The van der Waals surface area contributed by atoms with Crippen LogP contribution in [0.3, 0.4) is 0 Å². The topological polar surface area (TPSA) is 26.3 Å². The summed E-state index contributed by atoms with van der Waals surface area (Å²) in [6.45, 7) is 0. The maximum atomic E-state index is 13.1. The van der Waals surface area contributed by atoms with Crippen LogP contribution in [0, 0.1) is 0 Å². The molecule has 0 saturated carbocycles. The van der Waals surface area contributed by atoms with Gasteiger partial charge >= 0.3 is 47.8 Å². The maximum absolute atomic E-state index is 13.1. The highest BCUT2D eigenvalue weighted by Gasteiger charge is 2.95. The van der Waals surface area contributed by atoms with Gasteiger partial charge in [-0.3, -0.25) is 0 Å². The summed E-state index contributed by atoms with van der Waals surface area (Å²) in [4.78, 5) is 0. The second-order valence-corrected chi connectivity index (χ2v) is 5.92. The van der Waals surface area contributed by atoms with Crippen molar-refractivity contribution in [3.8, 4) is 0 Å². The van der Waals surface area contributed by atoms with E-state index in [1.165, 1.54) is 0 Å². The Morgan fingerprint density at radius 2 is 0.724 bits per heavy atom. The van der Waals surface area contributed by atoms with Crippen molar-refractivity contribution in [2.45, 2.75) is 47.8 Å². The molecule has 0 aromatic carbocycles. The molecule has 0 aliphatic rings. The van der Waals surface area contributed by atoms with E-state index in [0.29, 0.717) is 0 Å². The van der Waals surface area contributed by atoms with Gasteiger partial charge < -0.3 is 0 Å².